The van der Waals surface area contributed by atoms with E-state index in [1.54, 1.807) is 0 Å². The molecule has 0 fully saturated rings. The molecule has 0 saturated carbocycles. The van der Waals surface area contributed by atoms with Gasteiger partial charge in [-0.1, -0.05) is 0 Å². The van der Waals surface area contributed by atoms with Gasteiger partial charge in [0.15, 0.2) is 0 Å². The van der Waals surface area contributed by atoms with E-state index in [-0.39, 0.29) is 5.56 Å². The van der Waals surface area contributed by atoms with E-state index < -0.39 is 5.97 Å². The van der Waals surface area contributed by atoms with Gasteiger partial charge in [0.2, 0.25) is 0 Å². The van der Waals surface area contributed by atoms with Crippen LogP contribution in [0, 0.1) is 12.3 Å². The number of nitrogens with zero attached hydrogens (tertiary/aromatic N) is 1. The summed E-state index contributed by atoms with van der Waals surface area (Å²) in [5, 5.41) is 11.8. The van der Waals surface area contributed by atoms with Crippen LogP contribution in [0.15, 0.2) is 16.7 Å². The fraction of sp³-hybridized carbons (Fsp3) is 0.200. The molecule has 0 aliphatic carbocycles. The Morgan fingerprint density at radius 1 is 1.73 bits per heavy atom. The third-order valence-corrected chi connectivity index (χ3v) is 2.29. The van der Waals surface area contributed by atoms with E-state index in [4.69, 9.17) is 11.5 Å². The number of aromatic nitrogens is 1. The van der Waals surface area contributed by atoms with Crippen molar-refractivity contribution in [1.29, 1.82) is 0 Å². The van der Waals surface area contributed by atoms with Crippen molar-refractivity contribution in [3.63, 3.8) is 0 Å². The fourth-order valence-electron chi connectivity index (χ4n) is 0.962. The van der Waals surface area contributed by atoms with Crippen molar-refractivity contribution in [1.82, 2.24) is 4.98 Å². The molecule has 1 rings (SSSR count). The molecule has 0 spiro atoms. The van der Waals surface area contributed by atoms with Crippen molar-refractivity contribution in [2.45, 2.75) is 6.42 Å². The van der Waals surface area contributed by atoms with Crippen LogP contribution >= 0.6 is 15.9 Å². The number of terminal acetylenes is 1. The molecule has 1 aromatic heterocycles. The number of carboxylic acids is 1. The van der Waals surface area contributed by atoms with E-state index in [1.165, 1.54) is 12.3 Å². The smallest absolute Gasteiger partial charge is 0.337 e. The Balaban J connectivity index is 2.79. The van der Waals surface area contributed by atoms with Gasteiger partial charge in [-0.25, -0.2) is 9.78 Å². The van der Waals surface area contributed by atoms with E-state index in [9.17, 15) is 4.79 Å². The standard InChI is InChI=1S/C10H9BrN2O2/c1-2-3-4-12-9-5-7(10(14)15)8(11)6-13-9/h1,5-6H,3-4H2,(H,12,13)(H,14,15). The van der Waals surface area contributed by atoms with E-state index in [1.807, 2.05) is 0 Å². The Morgan fingerprint density at radius 2 is 2.47 bits per heavy atom. The van der Waals surface area contributed by atoms with Gasteiger partial charge in [-0.3, -0.25) is 0 Å². The Bertz CT molecular complexity index is 412. The molecule has 0 amide bonds. The zero-order valence-corrected chi connectivity index (χ0v) is 9.41. The Labute approximate surface area is 95.8 Å². The predicted octanol–water partition coefficient (Wildman–Crippen LogP) is 1.98. The third kappa shape index (κ3) is 3.26. The molecule has 0 saturated heterocycles. The van der Waals surface area contributed by atoms with Crippen LogP contribution in [0.5, 0.6) is 0 Å². The zero-order chi connectivity index (χ0) is 11.3. The average molecular weight is 269 g/mol. The summed E-state index contributed by atoms with van der Waals surface area (Å²) in [6.45, 7) is 0.574. The van der Waals surface area contributed by atoms with Crippen molar-refractivity contribution in [3.8, 4) is 12.3 Å². The number of pyridine rings is 1. The number of halogens is 1. The summed E-state index contributed by atoms with van der Waals surface area (Å²) in [7, 11) is 0. The van der Waals surface area contributed by atoms with Gasteiger partial charge in [0, 0.05) is 19.2 Å². The summed E-state index contributed by atoms with van der Waals surface area (Å²) in [4.78, 5) is 14.8. The lowest BCUT2D eigenvalue weighted by atomic mass is 10.2. The molecule has 5 heteroatoms. The van der Waals surface area contributed by atoms with Crippen LogP contribution in [0.25, 0.3) is 0 Å². The molecule has 4 nitrogen and oxygen atoms in total. The number of rotatable bonds is 4. The number of aromatic carboxylic acids is 1. The van der Waals surface area contributed by atoms with Crippen LogP contribution in [-0.2, 0) is 0 Å². The minimum absolute atomic E-state index is 0.174. The summed E-state index contributed by atoms with van der Waals surface area (Å²) in [5.74, 6) is 1.98. The summed E-state index contributed by atoms with van der Waals surface area (Å²) >= 11 is 3.11. The predicted molar refractivity (Wildman–Crippen MR) is 60.8 cm³/mol. The molecule has 1 aromatic rings. The fourth-order valence-corrected chi connectivity index (χ4v) is 1.35. The minimum atomic E-state index is -0.996. The molecule has 2 N–H and O–H groups in total. The van der Waals surface area contributed by atoms with Gasteiger partial charge in [0.05, 0.1) is 10.0 Å². The number of anilines is 1. The van der Waals surface area contributed by atoms with Crippen LogP contribution in [0.1, 0.15) is 16.8 Å². The lowest BCUT2D eigenvalue weighted by Gasteiger charge is -2.05. The number of hydrogen-bond donors (Lipinski definition) is 2. The van der Waals surface area contributed by atoms with E-state index in [0.29, 0.717) is 23.3 Å². The van der Waals surface area contributed by atoms with Gasteiger partial charge in [-0.2, -0.15) is 0 Å². The summed E-state index contributed by atoms with van der Waals surface area (Å²) in [6.07, 6.45) is 7.10. The second-order valence-corrected chi connectivity index (χ2v) is 3.59. The largest absolute Gasteiger partial charge is 0.478 e. The van der Waals surface area contributed by atoms with Gasteiger partial charge in [0.1, 0.15) is 5.82 Å². The maximum atomic E-state index is 10.8. The Morgan fingerprint density at radius 3 is 3.07 bits per heavy atom. The highest BCUT2D eigenvalue weighted by molar-refractivity contribution is 9.10. The first kappa shape index (κ1) is 11.5. The van der Waals surface area contributed by atoms with Crippen LogP contribution in [-0.4, -0.2) is 22.6 Å². The average Bonchev–Trinajstić information content (AvgIpc) is 2.20. The van der Waals surface area contributed by atoms with Crippen LogP contribution in [0.4, 0.5) is 5.82 Å². The van der Waals surface area contributed by atoms with Gasteiger partial charge in [0.25, 0.3) is 0 Å². The van der Waals surface area contributed by atoms with Crippen molar-refractivity contribution >= 4 is 27.7 Å². The van der Waals surface area contributed by atoms with Crippen LogP contribution in [0.2, 0.25) is 0 Å². The van der Waals surface area contributed by atoms with E-state index in [0.717, 1.165) is 0 Å². The molecular formula is C10H9BrN2O2. The molecular weight excluding hydrogens is 260 g/mol. The lowest BCUT2D eigenvalue weighted by Crippen LogP contribution is -2.05. The van der Waals surface area contributed by atoms with Gasteiger partial charge in [-0.05, 0) is 22.0 Å². The number of carbonyl (C=O) groups is 1. The highest BCUT2D eigenvalue weighted by Crippen LogP contribution is 2.18. The second kappa shape index (κ2) is 5.37. The Hall–Kier alpha value is -1.54. The lowest BCUT2D eigenvalue weighted by molar-refractivity contribution is 0.0696. The first-order valence-corrected chi connectivity index (χ1v) is 5.00. The highest BCUT2D eigenvalue weighted by Gasteiger charge is 2.09. The molecule has 0 aliphatic rings. The number of carboxylic acid groups (broad SMARTS) is 1. The SMILES string of the molecule is C#CCCNc1cc(C(=O)O)c(Br)cn1. The van der Waals surface area contributed by atoms with Gasteiger partial charge in [-0.15, -0.1) is 12.3 Å². The van der Waals surface area contributed by atoms with Crippen LogP contribution < -0.4 is 5.32 Å². The van der Waals surface area contributed by atoms with E-state index in [2.05, 4.69) is 32.2 Å². The maximum absolute atomic E-state index is 10.8. The van der Waals surface area contributed by atoms with Crippen molar-refractivity contribution in [2.75, 3.05) is 11.9 Å². The maximum Gasteiger partial charge on any atom is 0.337 e. The Kier molecular flexibility index (Phi) is 4.13. The minimum Gasteiger partial charge on any atom is -0.478 e. The molecule has 0 aromatic carbocycles. The quantitative estimate of drug-likeness (QED) is 0.648. The van der Waals surface area contributed by atoms with Crippen molar-refractivity contribution in [3.05, 3.63) is 22.3 Å². The molecule has 0 atom stereocenters. The number of nitrogens with one attached hydrogen (secondary N) is 1. The molecule has 0 bridgehead atoms. The molecule has 0 radical (unpaired) electrons. The number of hydrogen-bond acceptors (Lipinski definition) is 3. The normalized spacial score (nSPS) is 9.33. The molecule has 78 valence electrons. The monoisotopic (exact) mass is 268 g/mol. The highest BCUT2D eigenvalue weighted by atomic mass is 79.9. The zero-order valence-electron chi connectivity index (χ0n) is 7.83. The van der Waals surface area contributed by atoms with Crippen molar-refractivity contribution < 1.29 is 9.90 Å². The molecule has 1 heterocycles. The molecule has 0 aliphatic heterocycles. The third-order valence-electron chi connectivity index (χ3n) is 1.66. The first-order valence-electron chi connectivity index (χ1n) is 4.21. The first-order chi connectivity index (χ1) is 7.15. The van der Waals surface area contributed by atoms with Gasteiger partial charge < -0.3 is 10.4 Å². The molecule has 0 unspecified atom stereocenters. The summed E-state index contributed by atoms with van der Waals surface area (Å²) in [5.41, 5.74) is 0.174. The summed E-state index contributed by atoms with van der Waals surface area (Å²) in [6, 6.07) is 1.46. The van der Waals surface area contributed by atoms with E-state index >= 15 is 0 Å². The van der Waals surface area contributed by atoms with Crippen molar-refractivity contribution in [2.24, 2.45) is 0 Å². The summed E-state index contributed by atoms with van der Waals surface area (Å²) < 4.78 is 0.456. The topological polar surface area (TPSA) is 62.2 Å². The second-order valence-electron chi connectivity index (χ2n) is 2.74. The van der Waals surface area contributed by atoms with Gasteiger partial charge >= 0.3 is 5.97 Å². The molecule has 15 heavy (non-hydrogen) atoms. The van der Waals surface area contributed by atoms with Crippen LogP contribution in [0.3, 0.4) is 0 Å².